The lowest BCUT2D eigenvalue weighted by molar-refractivity contribution is -0.115. The first kappa shape index (κ1) is 15.4. The third kappa shape index (κ3) is 3.76. The van der Waals surface area contributed by atoms with Crippen molar-refractivity contribution in [2.45, 2.75) is 19.4 Å². The predicted octanol–water partition coefficient (Wildman–Crippen LogP) is 3.36. The predicted molar refractivity (Wildman–Crippen MR) is 83.7 cm³/mol. The zero-order valence-corrected chi connectivity index (χ0v) is 12.6. The highest BCUT2D eigenvalue weighted by Gasteiger charge is 2.33. The minimum atomic E-state index is -0.453. The van der Waals surface area contributed by atoms with Crippen LogP contribution in [0, 0.1) is 0 Å². The Morgan fingerprint density at radius 3 is 2.76 bits per heavy atom. The van der Waals surface area contributed by atoms with Gasteiger partial charge in [0, 0.05) is 17.4 Å². The highest BCUT2D eigenvalue weighted by atomic mass is 32.2. The lowest BCUT2D eigenvalue weighted by Crippen LogP contribution is -2.33. The molecule has 0 spiro atoms. The van der Waals surface area contributed by atoms with Gasteiger partial charge in [0.1, 0.15) is 6.61 Å². The zero-order chi connectivity index (χ0) is 15.2. The standard InChI is InChI=1S/C16H17NO3S/c1-3-9-20-16(19)17-12(2)14(11-21-17)15(18)10-13-7-5-4-6-8-13/h3-8,11-12H,1,9-10H2,2H3. The number of carbonyl (C=O) groups excluding carboxylic acids is 2. The number of hydrogen-bond donors (Lipinski definition) is 0. The molecule has 1 aliphatic rings. The quantitative estimate of drug-likeness (QED) is 0.618. The first-order valence-corrected chi connectivity index (χ1v) is 7.48. The third-order valence-corrected chi connectivity index (χ3v) is 4.18. The van der Waals surface area contributed by atoms with E-state index in [1.165, 1.54) is 22.3 Å². The van der Waals surface area contributed by atoms with E-state index in [1.807, 2.05) is 37.3 Å². The van der Waals surface area contributed by atoms with Crippen molar-refractivity contribution in [3.63, 3.8) is 0 Å². The molecule has 1 unspecified atom stereocenters. The van der Waals surface area contributed by atoms with Gasteiger partial charge in [-0.1, -0.05) is 43.0 Å². The average molecular weight is 303 g/mol. The number of carbonyl (C=O) groups is 2. The Kier molecular flexibility index (Phi) is 5.22. The van der Waals surface area contributed by atoms with Gasteiger partial charge in [-0.05, 0) is 24.4 Å². The number of rotatable bonds is 5. The Morgan fingerprint density at radius 1 is 1.38 bits per heavy atom. The third-order valence-electron chi connectivity index (χ3n) is 3.13. The number of nitrogens with zero attached hydrogens (tertiary/aromatic N) is 1. The van der Waals surface area contributed by atoms with Gasteiger partial charge in [-0.2, -0.15) is 0 Å². The summed E-state index contributed by atoms with van der Waals surface area (Å²) in [4.78, 5) is 24.2. The molecule has 0 bridgehead atoms. The van der Waals surface area contributed by atoms with Gasteiger partial charge in [0.15, 0.2) is 5.78 Å². The van der Waals surface area contributed by atoms with Crippen molar-refractivity contribution in [1.29, 1.82) is 0 Å². The molecule has 0 N–H and O–H groups in total. The van der Waals surface area contributed by atoms with Crippen LogP contribution in [0.4, 0.5) is 4.79 Å². The molecule has 5 heteroatoms. The maximum Gasteiger partial charge on any atom is 0.421 e. The molecule has 1 aromatic rings. The molecule has 1 aromatic carbocycles. The van der Waals surface area contributed by atoms with E-state index < -0.39 is 6.09 Å². The fourth-order valence-corrected chi connectivity index (χ4v) is 3.00. The largest absolute Gasteiger partial charge is 0.445 e. The highest BCUT2D eigenvalue weighted by Crippen LogP contribution is 2.32. The van der Waals surface area contributed by atoms with E-state index in [9.17, 15) is 9.59 Å². The second kappa shape index (κ2) is 7.13. The molecule has 0 fully saturated rings. The molecule has 1 amide bonds. The Morgan fingerprint density at radius 2 is 2.10 bits per heavy atom. The first-order chi connectivity index (χ1) is 10.1. The van der Waals surface area contributed by atoms with Crippen LogP contribution in [0.1, 0.15) is 12.5 Å². The molecule has 21 heavy (non-hydrogen) atoms. The van der Waals surface area contributed by atoms with Crippen molar-refractivity contribution in [3.8, 4) is 0 Å². The SMILES string of the molecule is C=CCOC(=O)N1SC=C(C(=O)Cc2ccccc2)C1C. The number of benzene rings is 1. The first-order valence-electron chi connectivity index (χ1n) is 6.64. The molecule has 0 saturated heterocycles. The molecule has 0 radical (unpaired) electrons. The second-order valence-electron chi connectivity index (χ2n) is 4.63. The van der Waals surface area contributed by atoms with Crippen molar-refractivity contribution in [2.75, 3.05) is 6.61 Å². The van der Waals surface area contributed by atoms with Crippen LogP contribution in [0.5, 0.6) is 0 Å². The summed E-state index contributed by atoms with van der Waals surface area (Å²) in [5.41, 5.74) is 1.60. The summed E-state index contributed by atoms with van der Waals surface area (Å²) in [6.07, 6.45) is 1.40. The number of hydrogen-bond acceptors (Lipinski definition) is 4. The van der Waals surface area contributed by atoms with Crippen LogP contribution in [-0.4, -0.2) is 28.8 Å². The van der Waals surface area contributed by atoms with Gasteiger partial charge >= 0.3 is 6.09 Å². The van der Waals surface area contributed by atoms with Gasteiger partial charge in [0.05, 0.1) is 6.04 Å². The van der Waals surface area contributed by atoms with Crippen LogP contribution >= 0.6 is 11.9 Å². The monoisotopic (exact) mass is 303 g/mol. The normalized spacial score (nSPS) is 17.3. The van der Waals surface area contributed by atoms with E-state index in [-0.39, 0.29) is 18.4 Å². The van der Waals surface area contributed by atoms with Crippen molar-refractivity contribution < 1.29 is 14.3 Å². The lowest BCUT2D eigenvalue weighted by Gasteiger charge is -2.20. The number of amides is 1. The van der Waals surface area contributed by atoms with Crippen molar-refractivity contribution >= 4 is 23.8 Å². The van der Waals surface area contributed by atoms with Crippen molar-refractivity contribution in [2.24, 2.45) is 0 Å². The molecule has 1 atom stereocenters. The van der Waals surface area contributed by atoms with Gasteiger partial charge in [-0.25, -0.2) is 9.10 Å². The fraction of sp³-hybridized carbons (Fsp3) is 0.250. The van der Waals surface area contributed by atoms with E-state index in [2.05, 4.69) is 6.58 Å². The van der Waals surface area contributed by atoms with Crippen LogP contribution in [-0.2, 0) is 16.0 Å². The summed E-state index contributed by atoms with van der Waals surface area (Å²) in [6.45, 7) is 5.48. The second-order valence-corrected chi connectivity index (χ2v) is 5.47. The van der Waals surface area contributed by atoms with Crippen LogP contribution in [0.2, 0.25) is 0 Å². The Hall–Kier alpha value is -2.01. The maximum absolute atomic E-state index is 12.3. The minimum absolute atomic E-state index is 0.0280. The molecule has 1 heterocycles. The lowest BCUT2D eigenvalue weighted by atomic mass is 10.00. The molecule has 0 saturated carbocycles. The Balaban J connectivity index is 1.97. The van der Waals surface area contributed by atoms with E-state index in [0.717, 1.165) is 5.56 Å². The summed E-state index contributed by atoms with van der Waals surface area (Å²) in [5.74, 6) is 0.0280. The van der Waals surface area contributed by atoms with Gasteiger partial charge in [0.25, 0.3) is 0 Å². The molecule has 0 aromatic heterocycles. The molecular formula is C16H17NO3S. The summed E-state index contributed by atoms with van der Waals surface area (Å²) in [6, 6.07) is 9.27. The van der Waals surface area contributed by atoms with Crippen LogP contribution in [0.25, 0.3) is 0 Å². The van der Waals surface area contributed by atoms with E-state index in [4.69, 9.17) is 4.74 Å². The Bertz CT molecular complexity index is 568. The van der Waals surface area contributed by atoms with Crippen molar-refractivity contribution in [1.82, 2.24) is 4.31 Å². The summed E-state index contributed by atoms with van der Waals surface area (Å²) in [5, 5.41) is 1.73. The molecule has 0 aliphatic carbocycles. The fourth-order valence-electron chi connectivity index (χ4n) is 2.01. The van der Waals surface area contributed by atoms with Crippen LogP contribution < -0.4 is 0 Å². The van der Waals surface area contributed by atoms with Gasteiger partial charge in [-0.15, -0.1) is 0 Å². The number of Topliss-reactive ketones (excluding diaryl/α,β-unsaturated/α-hetero) is 1. The molecule has 110 valence electrons. The summed E-state index contributed by atoms with van der Waals surface area (Å²) >= 11 is 1.20. The van der Waals surface area contributed by atoms with E-state index in [1.54, 1.807) is 5.41 Å². The van der Waals surface area contributed by atoms with Gasteiger partial charge in [-0.3, -0.25) is 4.79 Å². The van der Waals surface area contributed by atoms with Crippen molar-refractivity contribution in [3.05, 3.63) is 59.5 Å². The maximum atomic E-state index is 12.3. The van der Waals surface area contributed by atoms with E-state index >= 15 is 0 Å². The van der Waals surface area contributed by atoms with Crippen LogP contribution in [0.15, 0.2) is 54.0 Å². The average Bonchev–Trinajstić information content (AvgIpc) is 2.87. The molecule has 2 rings (SSSR count). The van der Waals surface area contributed by atoms with Gasteiger partial charge in [0.2, 0.25) is 0 Å². The molecular weight excluding hydrogens is 286 g/mol. The summed E-state index contributed by atoms with van der Waals surface area (Å²) in [7, 11) is 0. The molecule has 1 aliphatic heterocycles. The zero-order valence-electron chi connectivity index (χ0n) is 11.8. The topological polar surface area (TPSA) is 46.6 Å². The summed E-state index contributed by atoms with van der Waals surface area (Å²) < 4.78 is 6.46. The Labute approximate surface area is 128 Å². The smallest absolute Gasteiger partial charge is 0.421 e. The highest BCUT2D eigenvalue weighted by molar-refractivity contribution is 8.00. The molecule has 4 nitrogen and oxygen atoms in total. The minimum Gasteiger partial charge on any atom is -0.445 e. The van der Waals surface area contributed by atoms with Crippen LogP contribution in [0.3, 0.4) is 0 Å². The van der Waals surface area contributed by atoms with Gasteiger partial charge < -0.3 is 4.74 Å². The number of ether oxygens (including phenoxy) is 1. The number of ketones is 1. The van der Waals surface area contributed by atoms with E-state index in [0.29, 0.717) is 12.0 Å².